The Hall–Kier alpha value is -0.460. The Morgan fingerprint density at radius 1 is 1.07 bits per heavy atom. The molecule has 0 aromatic rings. The Bertz CT molecular complexity index is 534. The zero-order chi connectivity index (χ0) is 22.1. The first-order chi connectivity index (χ1) is 13.6. The van der Waals surface area contributed by atoms with E-state index in [9.17, 15) is 9.36 Å². The van der Waals surface area contributed by atoms with Crippen molar-refractivity contribution >= 4 is 13.6 Å². The summed E-state index contributed by atoms with van der Waals surface area (Å²) in [6.07, 6.45) is 6.53. The van der Waals surface area contributed by atoms with Crippen molar-refractivity contribution in [1.82, 2.24) is 14.2 Å². The van der Waals surface area contributed by atoms with Gasteiger partial charge in [-0.1, -0.05) is 39.5 Å². The molecule has 1 heterocycles. The van der Waals surface area contributed by atoms with Gasteiger partial charge in [-0.2, -0.15) is 0 Å². The van der Waals surface area contributed by atoms with E-state index >= 15 is 0 Å². The van der Waals surface area contributed by atoms with Gasteiger partial charge in [0.2, 0.25) is 0 Å². The number of rotatable bonds is 13. The van der Waals surface area contributed by atoms with Gasteiger partial charge in [0.15, 0.2) is 0 Å². The van der Waals surface area contributed by atoms with E-state index in [-0.39, 0.29) is 12.0 Å². The molecule has 1 amide bonds. The number of unbranched alkanes of at least 4 members (excludes halogenated alkanes) is 3. The number of piperazine rings is 1. The molecule has 0 bridgehead atoms. The number of hydrogen-bond donors (Lipinski definition) is 0. The highest BCUT2D eigenvalue weighted by Crippen LogP contribution is 2.54. The highest BCUT2D eigenvalue weighted by atomic mass is 31.2. The lowest BCUT2D eigenvalue weighted by Crippen LogP contribution is -2.54. The molecule has 2 atom stereocenters. The topological polar surface area (TPSA) is 62.3 Å². The standard InChI is InChI=1S/C21H44N3O4P/c1-8-11-12-13-14-19(9-2)28-29(26,22(6)7)24-17-15-23(16-18-24)20(25)21(4,5)27-10-3/h19H,8-18H2,1-7H3. The summed E-state index contributed by atoms with van der Waals surface area (Å²) in [6.45, 7) is 12.4. The Balaban J connectivity index is 2.73. The maximum Gasteiger partial charge on any atom is 0.345 e. The van der Waals surface area contributed by atoms with Crippen LogP contribution in [-0.2, 0) is 18.6 Å². The van der Waals surface area contributed by atoms with Gasteiger partial charge in [-0.25, -0.2) is 9.34 Å². The van der Waals surface area contributed by atoms with Crippen molar-refractivity contribution in [2.24, 2.45) is 0 Å². The van der Waals surface area contributed by atoms with E-state index in [2.05, 4.69) is 13.8 Å². The summed E-state index contributed by atoms with van der Waals surface area (Å²) in [5.74, 6) is -0.0121. The zero-order valence-electron chi connectivity index (χ0n) is 19.8. The Morgan fingerprint density at radius 3 is 2.17 bits per heavy atom. The molecule has 2 unspecified atom stereocenters. The number of ether oxygens (including phenoxy) is 1. The van der Waals surface area contributed by atoms with Gasteiger partial charge < -0.3 is 14.2 Å². The van der Waals surface area contributed by atoms with Crippen LogP contribution in [0, 0.1) is 0 Å². The lowest BCUT2D eigenvalue weighted by Gasteiger charge is -2.43. The van der Waals surface area contributed by atoms with Crippen LogP contribution in [-0.4, -0.2) is 78.7 Å². The fourth-order valence-electron chi connectivity index (χ4n) is 3.69. The number of carbonyl (C=O) groups is 1. The molecule has 0 saturated carbocycles. The molecule has 1 aliphatic rings. The van der Waals surface area contributed by atoms with Crippen LogP contribution in [0.4, 0.5) is 0 Å². The first-order valence-corrected chi connectivity index (χ1v) is 12.8. The fourth-order valence-corrected chi connectivity index (χ4v) is 5.85. The second-order valence-corrected chi connectivity index (χ2v) is 11.1. The van der Waals surface area contributed by atoms with Crippen molar-refractivity contribution in [1.29, 1.82) is 0 Å². The summed E-state index contributed by atoms with van der Waals surface area (Å²) in [5, 5.41) is 0. The van der Waals surface area contributed by atoms with Gasteiger partial charge >= 0.3 is 7.67 Å². The monoisotopic (exact) mass is 433 g/mol. The molecule has 1 fully saturated rings. The maximum absolute atomic E-state index is 13.8. The second kappa shape index (κ2) is 12.4. The summed E-state index contributed by atoms with van der Waals surface area (Å²) < 4.78 is 29.3. The molecule has 0 aliphatic carbocycles. The zero-order valence-corrected chi connectivity index (χ0v) is 20.7. The minimum atomic E-state index is -3.11. The van der Waals surface area contributed by atoms with Crippen LogP contribution in [0.2, 0.25) is 0 Å². The summed E-state index contributed by atoms with van der Waals surface area (Å²) in [4.78, 5) is 14.6. The van der Waals surface area contributed by atoms with E-state index in [0.29, 0.717) is 32.8 Å². The molecule has 1 saturated heterocycles. The molecule has 7 nitrogen and oxygen atoms in total. The Kier molecular flexibility index (Phi) is 11.4. The van der Waals surface area contributed by atoms with Crippen molar-refractivity contribution in [3.63, 3.8) is 0 Å². The number of nitrogens with zero attached hydrogens (tertiary/aromatic N) is 3. The number of amides is 1. The molecule has 0 aromatic heterocycles. The van der Waals surface area contributed by atoms with Crippen molar-refractivity contribution in [3.05, 3.63) is 0 Å². The van der Waals surface area contributed by atoms with Crippen LogP contribution in [0.15, 0.2) is 0 Å². The van der Waals surface area contributed by atoms with Crippen LogP contribution in [0.3, 0.4) is 0 Å². The minimum absolute atomic E-state index is 0.00311. The third kappa shape index (κ3) is 7.62. The predicted molar refractivity (Wildman–Crippen MR) is 119 cm³/mol. The molecule has 172 valence electrons. The first-order valence-electron chi connectivity index (χ1n) is 11.3. The van der Waals surface area contributed by atoms with Crippen LogP contribution >= 0.6 is 7.67 Å². The minimum Gasteiger partial charge on any atom is -0.366 e. The molecule has 0 N–H and O–H groups in total. The van der Waals surface area contributed by atoms with Crippen molar-refractivity contribution in [3.8, 4) is 0 Å². The normalized spacial score (nSPS) is 19.4. The Morgan fingerprint density at radius 2 is 1.69 bits per heavy atom. The van der Waals surface area contributed by atoms with Crippen LogP contribution in [0.5, 0.6) is 0 Å². The quantitative estimate of drug-likeness (QED) is 0.317. The highest BCUT2D eigenvalue weighted by Gasteiger charge is 2.41. The van der Waals surface area contributed by atoms with Crippen molar-refractivity contribution in [2.75, 3.05) is 46.9 Å². The van der Waals surface area contributed by atoms with E-state index in [1.54, 1.807) is 4.67 Å². The molecule has 0 radical (unpaired) electrons. The van der Waals surface area contributed by atoms with E-state index < -0.39 is 13.3 Å². The average molecular weight is 434 g/mol. The van der Waals surface area contributed by atoms with Gasteiger partial charge in [0, 0.05) is 32.8 Å². The molecule has 1 rings (SSSR count). The van der Waals surface area contributed by atoms with Crippen LogP contribution in [0.1, 0.15) is 73.1 Å². The van der Waals surface area contributed by atoms with Gasteiger partial charge in [-0.15, -0.1) is 0 Å². The van der Waals surface area contributed by atoms with E-state index in [1.807, 2.05) is 44.4 Å². The SMILES string of the molecule is CCCCCCC(CC)OP(=O)(N(C)C)N1CCN(C(=O)C(C)(C)OCC)CC1. The third-order valence-electron chi connectivity index (χ3n) is 5.55. The van der Waals surface area contributed by atoms with Crippen LogP contribution in [0.25, 0.3) is 0 Å². The lowest BCUT2D eigenvalue weighted by molar-refractivity contribution is -0.155. The summed E-state index contributed by atoms with van der Waals surface area (Å²) in [7, 11) is 0.532. The second-order valence-electron chi connectivity index (χ2n) is 8.51. The molecular formula is C21H44N3O4P. The smallest absolute Gasteiger partial charge is 0.345 e. The fraction of sp³-hybridized carbons (Fsp3) is 0.952. The van der Waals surface area contributed by atoms with E-state index in [0.717, 1.165) is 19.3 Å². The van der Waals surface area contributed by atoms with Crippen LogP contribution < -0.4 is 0 Å². The molecule has 0 aromatic carbocycles. The summed E-state index contributed by atoms with van der Waals surface area (Å²) in [6, 6.07) is 0. The third-order valence-corrected chi connectivity index (χ3v) is 8.25. The molecule has 1 aliphatic heterocycles. The van der Waals surface area contributed by atoms with Gasteiger partial charge in [-0.3, -0.25) is 9.36 Å². The Labute approximate surface area is 178 Å². The van der Waals surface area contributed by atoms with E-state index in [4.69, 9.17) is 9.26 Å². The van der Waals surface area contributed by atoms with Gasteiger partial charge in [0.1, 0.15) is 5.60 Å². The number of carbonyl (C=O) groups excluding carboxylic acids is 1. The number of hydrogen-bond acceptors (Lipinski definition) is 4. The highest BCUT2D eigenvalue weighted by molar-refractivity contribution is 7.53. The molecular weight excluding hydrogens is 389 g/mol. The lowest BCUT2D eigenvalue weighted by atomic mass is 10.1. The van der Waals surface area contributed by atoms with E-state index in [1.165, 1.54) is 19.3 Å². The molecule has 8 heteroatoms. The molecule has 29 heavy (non-hydrogen) atoms. The predicted octanol–water partition coefficient (Wildman–Crippen LogP) is 4.38. The first kappa shape index (κ1) is 26.6. The van der Waals surface area contributed by atoms with Gasteiger partial charge in [-0.05, 0) is 47.7 Å². The molecule has 0 spiro atoms. The average Bonchev–Trinajstić information content (AvgIpc) is 2.69. The van der Waals surface area contributed by atoms with Crippen molar-refractivity contribution < 1.29 is 18.6 Å². The largest absolute Gasteiger partial charge is 0.366 e. The van der Waals surface area contributed by atoms with Crippen molar-refractivity contribution in [2.45, 2.75) is 84.8 Å². The van der Waals surface area contributed by atoms with Gasteiger partial charge in [0.05, 0.1) is 6.10 Å². The summed E-state index contributed by atoms with van der Waals surface area (Å²) >= 11 is 0. The maximum atomic E-state index is 13.8. The summed E-state index contributed by atoms with van der Waals surface area (Å²) in [5.41, 5.74) is -0.829. The van der Waals surface area contributed by atoms with Gasteiger partial charge in [0.25, 0.3) is 5.91 Å².